The molecule has 0 spiro atoms. The summed E-state index contributed by atoms with van der Waals surface area (Å²) in [4.78, 5) is 9.65. The zero-order chi connectivity index (χ0) is 17.5. The summed E-state index contributed by atoms with van der Waals surface area (Å²) in [6, 6.07) is 11.1. The monoisotopic (exact) mass is 342 g/mol. The van der Waals surface area contributed by atoms with E-state index in [1.54, 1.807) is 0 Å². The zero-order valence-electron chi connectivity index (χ0n) is 15.5. The second-order valence-electron chi connectivity index (χ2n) is 6.77. The maximum atomic E-state index is 5.50. The molecule has 5 heteroatoms. The molecule has 0 N–H and O–H groups in total. The molecule has 2 aromatic rings. The predicted molar refractivity (Wildman–Crippen MR) is 101 cm³/mol. The van der Waals surface area contributed by atoms with Crippen LogP contribution in [0.3, 0.4) is 0 Å². The minimum Gasteiger partial charge on any atom is -0.380 e. The third kappa shape index (κ3) is 5.14. The van der Waals surface area contributed by atoms with Gasteiger partial charge in [-0.2, -0.15) is 0 Å². The first-order valence-corrected chi connectivity index (χ1v) is 9.34. The highest BCUT2D eigenvalue weighted by atomic mass is 16.5. The van der Waals surface area contributed by atoms with Crippen LogP contribution in [0.1, 0.15) is 25.2 Å². The van der Waals surface area contributed by atoms with Crippen molar-refractivity contribution in [2.75, 3.05) is 39.4 Å². The van der Waals surface area contributed by atoms with Crippen molar-refractivity contribution in [3.8, 4) is 0 Å². The van der Waals surface area contributed by atoms with Crippen molar-refractivity contribution in [2.24, 2.45) is 0 Å². The maximum Gasteiger partial charge on any atom is 0.123 e. The zero-order valence-corrected chi connectivity index (χ0v) is 15.5. The normalized spacial score (nSPS) is 19.4. The first-order chi connectivity index (χ1) is 12.3. The maximum absolute atomic E-state index is 5.50. The van der Waals surface area contributed by atoms with Gasteiger partial charge in [-0.3, -0.25) is 9.80 Å². The summed E-state index contributed by atoms with van der Waals surface area (Å²) in [5, 5.41) is 0. The Hall–Kier alpha value is -1.69. The Morgan fingerprint density at radius 3 is 2.76 bits per heavy atom. The van der Waals surface area contributed by atoms with Crippen molar-refractivity contribution in [2.45, 2.75) is 33.0 Å². The standard InChI is InChI=1S/C20H30N4O/c1-3-25-14-13-23-12-11-22(15-18(23)2)17-20-21-9-10-24(20)16-19-7-5-4-6-8-19/h4-10,18H,3,11-17H2,1-2H3. The molecule has 1 aliphatic rings. The van der Waals surface area contributed by atoms with Gasteiger partial charge in [0.2, 0.25) is 0 Å². The minimum absolute atomic E-state index is 0.562. The molecule has 0 bridgehead atoms. The lowest BCUT2D eigenvalue weighted by Crippen LogP contribution is -2.52. The summed E-state index contributed by atoms with van der Waals surface area (Å²) in [7, 11) is 0. The van der Waals surface area contributed by atoms with Crippen LogP contribution in [0.5, 0.6) is 0 Å². The van der Waals surface area contributed by atoms with Crippen LogP contribution >= 0.6 is 0 Å². The lowest BCUT2D eigenvalue weighted by molar-refractivity contribution is 0.0454. The third-order valence-corrected chi connectivity index (χ3v) is 4.94. The van der Waals surface area contributed by atoms with Crippen LogP contribution in [0, 0.1) is 0 Å². The molecule has 3 rings (SSSR count). The van der Waals surface area contributed by atoms with Crippen LogP contribution in [0.4, 0.5) is 0 Å². The number of hydrogen-bond donors (Lipinski definition) is 0. The number of benzene rings is 1. The molecule has 0 aliphatic carbocycles. The first-order valence-electron chi connectivity index (χ1n) is 9.34. The van der Waals surface area contributed by atoms with Crippen molar-refractivity contribution in [1.82, 2.24) is 19.4 Å². The van der Waals surface area contributed by atoms with Gasteiger partial charge in [0.15, 0.2) is 0 Å². The van der Waals surface area contributed by atoms with Gasteiger partial charge in [-0.15, -0.1) is 0 Å². The molecule has 0 saturated carbocycles. The van der Waals surface area contributed by atoms with Crippen LogP contribution in [0.25, 0.3) is 0 Å². The highest BCUT2D eigenvalue weighted by molar-refractivity contribution is 5.15. The van der Waals surface area contributed by atoms with Crippen molar-refractivity contribution >= 4 is 0 Å². The lowest BCUT2D eigenvalue weighted by atomic mass is 10.2. The molecular weight excluding hydrogens is 312 g/mol. The van der Waals surface area contributed by atoms with E-state index >= 15 is 0 Å². The summed E-state index contributed by atoms with van der Waals surface area (Å²) in [5.74, 6) is 1.15. The Bertz CT molecular complexity index is 628. The van der Waals surface area contributed by atoms with E-state index in [9.17, 15) is 0 Å². The summed E-state index contributed by atoms with van der Waals surface area (Å²) < 4.78 is 7.77. The average molecular weight is 342 g/mol. The fourth-order valence-electron chi connectivity index (χ4n) is 3.49. The second kappa shape index (κ2) is 9.13. The lowest BCUT2D eigenvalue weighted by Gasteiger charge is -2.39. The van der Waals surface area contributed by atoms with Gasteiger partial charge in [-0.05, 0) is 19.4 Å². The molecule has 1 fully saturated rings. The molecule has 1 saturated heterocycles. The van der Waals surface area contributed by atoms with Crippen molar-refractivity contribution in [3.63, 3.8) is 0 Å². The van der Waals surface area contributed by atoms with Gasteiger partial charge in [0.1, 0.15) is 5.82 Å². The van der Waals surface area contributed by atoms with Gasteiger partial charge in [0.25, 0.3) is 0 Å². The molecule has 1 aliphatic heterocycles. The summed E-state index contributed by atoms with van der Waals surface area (Å²) >= 11 is 0. The number of imidazole rings is 1. The fraction of sp³-hybridized carbons (Fsp3) is 0.550. The van der Waals surface area contributed by atoms with E-state index in [0.29, 0.717) is 6.04 Å². The van der Waals surface area contributed by atoms with E-state index in [4.69, 9.17) is 4.74 Å². The highest BCUT2D eigenvalue weighted by Crippen LogP contribution is 2.13. The minimum atomic E-state index is 0.562. The molecule has 136 valence electrons. The molecule has 1 unspecified atom stereocenters. The van der Waals surface area contributed by atoms with E-state index in [-0.39, 0.29) is 0 Å². The largest absolute Gasteiger partial charge is 0.380 e. The van der Waals surface area contributed by atoms with Crippen LogP contribution in [-0.4, -0.2) is 64.8 Å². The van der Waals surface area contributed by atoms with Gasteiger partial charge < -0.3 is 9.30 Å². The van der Waals surface area contributed by atoms with Crippen molar-refractivity contribution in [3.05, 3.63) is 54.1 Å². The van der Waals surface area contributed by atoms with Gasteiger partial charge in [0, 0.05) is 57.8 Å². The van der Waals surface area contributed by atoms with E-state index < -0.39 is 0 Å². The molecule has 1 aromatic carbocycles. The first kappa shape index (κ1) is 18.1. The Kier molecular flexibility index (Phi) is 6.62. The molecule has 0 amide bonds. The Balaban J connectivity index is 1.53. The van der Waals surface area contributed by atoms with Crippen molar-refractivity contribution in [1.29, 1.82) is 0 Å². The molecule has 5 nitrogen and oxygen atoms in total. The fourth-order valence-corrected chi connectivity index (χ4v) is 3.49. The number of piperazine rings is 1. The highest BCUT2D eigenvalue weighted by Gasteiger charge is 2.24. The van der Waals surface area contributed by atoms with E-state index in [1.165, 1.54) is 5.56 Å². The molecule has 25 heavy (non-hydrogen) atoms. The Morgan fingerprint density at radius 1 is 1.16 bits per heavy atom. The molecular formula is C20H30N4O. The number of rotatable bonds is 8. The summed E-state index contributed by atoms with van der Waals surface area (Å²) in [6.45, 7) is 12.1. The SMILES string of the molecule is CCOCCN1CCN(Cc2nccn2Cc2ccccc2)CC1C. The molecule has 1 atom stereocenters. The average Bonchev–Trinajstić information content (AvgIpc) is 3.05. The van der Waals surface area contributed by atoms with Gasteiger partial charge in [-0.25, -0.2) is 4.98 Å². The molecule has 2 heterocycles. The molecule has 0 radical (unpaired) electrons. The van der Waals surface area contributed by atoms with Crippen LogP contribution < -0.4 is 0 Å². The Labute approximate surface area is 151 Å². The van der Waals surface area contributed by atoms with Crippen molar-refractivity contribution < 1.29 is 4.74 Å². The van der Waals surface area contributed by atoms with E-state index in [0.717, 1.165) is 58.3 Å². The topological polar surface area (TPSA) is 33.5 Å². The predicted octanol–water partition coefficient (Wildman–Crippen LogP) is 2.47. The van der Waals surface area contributed by atoms with Crippen LogP contribution in [0.2, 0.25) is 0 Å². The number of nitrogens with zero attached hydrogens (tertiary/aromatic N) is 4. The van der Waals surface area contributed by atoms with E-state index in [1.807, 2.05) is 6.20 Å². The number of aromatic nitrogens is 2. The Morgan fingerprint density at radius 2 is 2.00 bits per heavy atom. The van der Waals surface area contributed by atoms with Crippen LogP contribution in [-0.2, 0) is 17.8 Å². The van der Waals surface area contributed by atoms with Gasteiger partial charge in [0.05, 0.1) is 13.2 Å². The summed E-state index contributed by atoms with van der Waals surface area (Å²) in [6.07, 6.45) is 4.00. The van der Waals surface area contributed by atoms with Crippen LogP contribution in [0.15, 0.2) is 42.7 Å². The van der Waals surface area contributed by atoms with Gasteiger partial charge >= 0.3 is 0 Å². The van der Waals surface area contributed by atoms with E-state index in [2.05, 4.69) is 69.7 Å². The number of ether oxygens (including phenoxy) is 1. The summed E-state index contributed by atoms with van der Waals surface area (Å²) in [5.41, 5.74) is 1.32. The quantitative estimate of drug-likeness (QED) is 0.690. The number of hydrogen-bond acceptors (Lipinski definition) is 4. The third-order valence-electron chi connectivity index (χ3n) is 4.94. The van der Waals surface area contributed by atoms with Gasteiger partial charge in [-0.1, -0.05) is 30.3 Å². The second-order valence-corrected chi connectivity index (χ2v) is 6.77. The smallest absolute Gasteiger partial charge is 0.123 e. The molecule has 1 aromatic heterocycles.